The summed E-state index contributed by atoms with van der Waals surface area (Å²) in [5, 5.41) is 9.74. The van der Waals surface area contributed by atoms with Gasteiger partial charge in [0.25, 0.3) is 0 Å². The Morgan fingerprint density at radius 3 is 2.44 bits per heavy atom. The third-order valence-corrected chi connectivity index (χ3v) is 3.08. The van der Waals surface area contributed by atoms with Crippen LogP contribution in [0.25, 0.3) is 0 Å². The van der Waals surface area contributed by atoms with Gasteiger partial charge in [0.2, 0.25) is 0 Å². The molecule has 0 aliphatic heterocycles. The second kappa shape index (κ2) is 5.93. The summed E-state index contributed by atoms with van der Waals surface area (Å²) < 4.78 is 0. The molecule has 1 unspecified atom stereocenters. The first-order chi connectivity index (χ1) is 7.54. The maximum Gasteiger partial charge on any atom is 0.119 e. The lowest BCUT2D eigenvalue weighted by Gasteiger charge is -2.13. The van der Waals surface area contributed by atoms with Crippen LogP contribution in [0.3, 0.4) is 0 Å². The molecule has 0 spiro atoms. The van der Waals surface area contributed by atoms with Crippen LogP contribution in [0.5, 0.6) is 5.75 Å². The average molecular weight is 220 g/mol. The molecule has 0 saturated carbocycles. The van der Waals surface area contributed by atoms with E-state index < -0.39 is 0 Å². The summed E-state index contributed by atoms with van der Waals surface area (Å²) in [5.41, 5.74) is 2.42. The Labute approximate surface area is 99.5 Å². The normalized spacial score (nSPS) is 13.1. The molecule has 1 nitrogen and oxygen atoms in total. The van der Waals surface area contributed by atoms with Gasteiger partial charge in [-0.3, -0.25) is 0 Å². The SMILES string of the molecule is CCCC(C)Cc1ccc(O)c(C(C)C)c1. The van der Waals surface area contributed by atoms with E-state index in [-0.39, 0.29) is 0 Å². The number of phenolic OH excluding ortho intramolecular Hbond substituents is 1. The molecule has 0 radical (unpaired) electrons. The molecule has 1 atom stereocenters. The Morgan fingerprint density at radius 2 is 1.88 bits per heavy atom. The van der Waals surface area contributed by atoms with Crippen molar-refractivity contribution >= 4 is 0 Å². The summed E-state index contributed by atoms with van der Waals surface area (Å²) in [4.78, 5) is 0. The number of rotatable bonds is 5. The van der Waals surface area contributed by atoms with Gasteiger partial charge in [0.05, 0.1) is 0 Å². The summed E-state index contributed by atoms with van der Waals surface area (Å²) in [6.07, 6.45) is 3.64. The van der Waals surface area contributed by atoms with Crippen molar-refractivity contribution in [3.63, 3.8) is 0 Å². The van der Waals surface area contributed by atoms with Crippen LogP contribution in [0, 0.1) is 5.92 Å². The lowest BCUT2D eigenvalue weighted by molar-refractivity contribution is 0.463. The van der Waals surface area contributed by atoms with Crippen molar-refractivity contribution in [2.45, 2.75) is 52.9 Å². The minimum Gasteiger partial charge on any atom is -0.508 e. The van der Waals surface area contributed by atoms with E-state index in [0.717, 1.165) is 17.9 Å². The molecule has 0 aliphatic carbocycles. The van der Waals surface area contributed by atoms with Crippen LogP contribution in [-0.4, -0.2) is 5.11 Å². The van der Waals surface area contributed by atoms with Crippen molar-refractivity contribution in [3.8, 4) is 5.75 Å². The van der Waals surface area contributed by atoms with Crippen LogP contribution < -0.4 is 0 Å². The highest BCUT2D eigenvalue weighted by molar-refractivity contribution is 5.38. The number of hydrogen-bond donors (Lipinski definition) is 1. The van der Waals surface area contributed by atoms with Crippen LogP contribution in [0.2, 0.25) is 0 Å². The molecule has 0 heterocycles. The van der Waals surface area contributed by atoms with Crippen LogP contribution in [0.1, 0.15) is 57.6 Å². The average Bonchev–Trinajstić information content (AvgIpc) is 2.21. The number of hydrogen-bond acceptors (Lipinski definition) is 1. The molecular weight excluding hydrogens is 196 g/mol. The maximum absolute atomic E-state index is 9.74. The molecule has 0 aromatic heterocycles. The third-order valence-electron chi connectivity index (χ3n) is 3.08. The zero-order valence-electron chi connectivity index (χ0n) is 11.0. The predicted octanol–water partition coefficient (Wildman–Crippen LogP) is 4.49. The highest BCUT2D eigenvalue weighted by Crippen LogP contribution is 2.27. The van der Waals surface area contributed by atoms with Crippen molar-refractivity contribution in [3.05, 3.63) is 29.3 Å². The summed E-state index contributed by atoms with van der Waals surface area (Å²) >= 11 is 0. The van der Waals surface area contributed by atoms with E-state index in [2.05, 4.69) is 33.8 Å². The lowest BCUT2D eigenvalue weighted by Crippen LogP contribution is -2.00. The van der Waals surface area contributed by atoms with Gasteiger partial charge in [0.15, 0.2) is 0 Å². The standard InChI is InChI=1S/C15H24O/c1-5-6-12(4)9-13-7-8-15(16)14(10-13)11(2)3/h7-8,10-12,16H,5-6,9H2,1-4H3. The van der Waals surface area contributed by atoms with E-state index in [1.807, 2.05) is 12.1 Å². The van der Waals surface area contributed by atoms with E-state index in [4.69, 9.17) is 0 Å². The van der Waals surface area contributed by atoms with Crippen molar-refractivity contribution in [2.75, 3.05) is 0 Å². The zero-order valence-corrected chi connectivity index (χ0v) is 11.0. The van der Waals surface area contributed by atoms with Crippen LogP contribution in [0.15, 0.2) is 18.2 Å². The molecule has 1 rings (SSSR count). The van der Waals surface area contributed by atoms with E-state index >= 15 is 0 Å². The molecule has 1 aromatic rings. The Morgan fingerprint density at radius 1 is 1.19 bits per heavy atom. The molecule has 0 amide bonds. The molecule has 0 aliphatic rings. The molecule has 1 aromatic carbocycles. The molecular formula is C15H24O. The van der Waals surface area contributed by atoms with Gasteiger partial charge in [-0.05, 0) is 35.4 Å². The van der Waals surface area contributed by atoms with Gasteiger partial charge in [-0.1, -0.05) is 52.7 Å². The van der Waals surface area contributed by atoms with Gasteiger partial charge in [-0.15, -0.1) is 0 Å². The van der Waals surface area contributed by atoms with E-state index in [9.17, 15) is 5.11 Å². The lowest BCUT2D eigenvalue weighted by atomic mass is 9.93. The first kappa shape index (κ1) is 13.1. The van der Waals surface area contributed by atoms with E-state index in [1.165, 1.54) is 18.4 Å². The summed E-state index contributed by atoms with van der Waals surface area (Å²) in [6.45, 7) is 8.76. The van der Waals surface area contributed by atoms with Crippen molar-refractivity contribution < 1.29 is 5.11 Å². The topological polar surface area (TPSA) is 20.2 Å². The summed E-state index contributed by atoms with van der Waals surface area (Å²) in [6, 6.07) is 6.04. The zero-order chi connectivity index (χ0) is 12.1. The molecule has 16 heavy (non-hydrogen) atoms. The summed E-state index contributed by atoms with van der Waals surface area (Å²) in [7, 11) is 0. The minimum atomic E-state index is 0.390. The summed E-state index contributed by atoms with van der Waals surface area (Å²) in [5.74, 6) is 1.55. The fraction of sp³-hybridized carbons (Fsp3) is 0.600. The Hall–Kier alpha value is -0.980. The first-order valence-electron chi connectivity index (χ1n) is 6.36. The van der Waals surface area contributed by atoms with Crippen LogP contribution >= 0.6 is 0 Å². The molecule has 1 heteroatoms. The van der Waals surface area contributed by atoms with Gasteiger partial charge >= 0.3 is 0 Å². The quantitative estimate of drug-likeness (QED) is 0.775. The molecule has 0 saturated heterocycles. The number of benzene rings is 1. The fourth-order valence-corrected chi connectivity index (χ4v) is 2.19. The highest BCUT2D eigenvalue weighted by atomic mass is 16.3. The highest BCUT2D eigenvalue weighted by Gasteiger charge is 2.08. The Bertz CT molecular complexity index is 328. The fourth-order valence-electron chi connectivity index (χ4n) is 2.19. The van der Waals surface area contributed by atoms with Gasteiger partial charge in [0.1, 0.15) is 5.75 Å². The van der Waals surface area contributed by atoms with Crippen molar-refractivity contribution in [2.24, 2.45) is 5.92 Å². The first-order valence-corrected chi connectivity index (χ1v) is 6.36. The van der Waals surface area contributed by atoms with Crippen LogP contribution in [0.4, 0.5) is 0 Å². The van der Waals surface area contributed by atoms with Gasteiger partial charge in [0, 0.05) is 0 Å². The number of phenols is 1. The van der Waals surface area contributed by atoms with Gasteiger partial charge in [-0.25, -0.2) is 0 Å². The second-order valence-electron chi connectivity index (χ2n) is 5.15. The molecule has 90 valence electrons. The number of aromatic hydroxyl groups is 1. The smallest absolute Gasteiger partial charge is 0.119 e. The van der Waals surface area contributed by atoms with Crippen molar-refractivity contribution in [1.82, 2.24) is 0 Å². The van der Waals surface area contributed by atoms with Gasteiger partial charge < -0.3 is 5.11 Å². The maximum atomic E-state index is 9.74. The van der Waals surface area contributed by atoms with E-state index in [1.54, 1.807) is 0 Å². The largest absolute Gasteiger partial charge is 0.508 e. The molecule has 0 fully saturated rings. The predicted molar refractivity (Wildman–Crippen MR) is 70.0 cm³/mol. The van der Waals surface area contributed by atoms with E-state index in [0.29, 0.717) is 11.7 Å². The molecule has 1 N–H and O–H groups in total. The second-order valence-corrected chi connectivity index (χ2v) is 5.15. The van der Waals surface area contributed by atoms with Gasteiger partial charge in [-0.2, -0.15) is 0 Å². The minimum absolute atomic E-state index is 0.390. The van der Waals surface area contributed by atoms with Crippen LogP contribution in [-0.2, 0) is 6.42 Å². The van der Waals surface area contributed by atoms with Crippen molar-refractivity contribution in [1.29, 1.82) is 0 Å². The third kappa shape index (κ3) is 3.55. The monoisotopic (exact) mass is 220 g/mol. The molecule has 0 bridgehead atoms. The Kier molecular flexibility index (Phi) is 4.85. The Balaban J connectivity index is 2.78.